The first-order valence-corrected chi connectivity index (χ1v) is 17.7. The van der Waals surface area contributed by atoms with Crippen LogP contribution >= 0.6 is 0 Å². The van der Waals surface area contributed by atoms with Crippen molar-refractivity contribution in [2.45, 2.75) is 77.6 Å². The molecule has 0 aliphatic carbocycles. The molecule has 3 atom stereocenters. The minimum absolute atomic E-state index is 0. The molecule has 3 aliphatic rings. The molecule has 294 valence electrons. The zero-order valence-corrected chi connectivity index (χ0v) is 31.1. The van der Waals surface area contributed by atoms with Crippen molar-refractivity contribution in [1.29, 1.82) is 0 Å². The Morgan fingerprint density at radius 2 is 1.00 bits per heavy atom. The fraction of sp³-hybridized carbons (Fsp3) is 0.341. The second kappa shape index (κ2) is 22.3. The second-order valence-corrected chi connectivity index (χ2v) is 12.8. The van der Waals surface area contributed by atoms with Crippen molar-refractivity contribution in [3.05, 3.63) is 137 Å². The second-order valence-electron chi connectivity index (χ2n) is 12.8. The number of hydrogen-bond acceptors (Lipinski definition) is 11. The maximum absolute atomic E-state index is 11.3. The summed E-state index contributed by atoms with van der Waals surface area (Å²) in [6.07, 6.45) is 12.4. The third-order valence-electron chi connectivity index (χ3n) is 8.68. The molecule has 0 bridgehead atoms. The lowest BCUT2D eigenvalue weighted by atomic mass is 10.0. The summed E-state index contributed by atoms with van der Waals surface area (Å²) in [5.74, 6) is 1.45. The normalized spacial score (nSPS) is 18.9. The van der Waals surface area contributed by atoms with E-state index in [-0.39, 0.29) is 49.2 Å². The van der Waals surface area contributed by atoms with E-state index < -0.39 is 5.97 Å². The molecule has 0 radical (unpaired) electrons. The van der Waals surface area contributed by atoms with Gasteiger partial charge in [-0.25, -0.2) is 14.4 Å². The molecule has 3 aromatic carbocycles. The van der Waals surface area contributed by atoms with Crippen molar-refractivity contribution < 1.29 is 53.0 Å². The molecule has 11 heteroatoms. The number of phenolic OH excluding ortho intramolecular Hbond substituents is 2. The SMILES string of the molecule is C.COC1=CC(=O)OC(/C=C/c2ccc(O)cc2)C1.COC1=CC(=O)OC(CCc2ccc(C)cc2)C1.COC1=CC(=O)OC(CCc2ccc(O)cc2)C1. The zero-order valence-electron chi connectivity index (χ0n) is 31.1. The Kier molecular flexibility index (Phi) is 17.6. The summed E-state index contributed by atoms with van der Waals surface area (Å²) in [4.78, 5) is 33.9. The number of phenols is 2. The molecule has 0 spiro atoms. The third-order valence-corrected chi connectivity index (χ3v) is 8.68. The lowest BCUT2D eigenvalue weighted by Gasteiger charge is -2.22. The number of benzene rings is 3. The maximum atomic E-state index is 11.3. The van der Waals surface area contributed by atoms with Gasteiger partial charge < -0.3 is 38.6 Å². The van der Waals surface area contributed by atoms with E-state index in [1.807, 2.05) is 18.2 Å². The number of rotatable bonds is 11. The molecule has 3 unspecified atom stereocenters. The van der Waals surface area contributed by atoms with Crippen LogP contribution in [0.4, 0.5) is 0 Å². The van der Waals surface area contributed by atoms with Crippen LogP contribution in [-0.4, -0.2) is 67.8 Å². The highest BCUT2D eigenvalue weighted by Gasteiger charge is 2.23. The summed E-state index contributed by atoms with van der Waals surface area (Å²) < 4.78 is 30.9. The quantitative estimate of drug-likeness (QED) is 0.146. The summed E-state index contributed by atoms with van der Waals surface area (Å²) in [5.41, 5.74) is 4.56. The molecule has 2 N–H and O–H groups in total. The number of cyclic esters (lactones) is 3. The first-order chi connectivity index (χ1) is 26.0. The topological polar surface area (TPSA) is 147 Å². The average molecular weight is 757 g/mol. The van der Waals surface area contributed by atoms with Gasteiger partial charge in [0.1, 0.15) is 47.1 Å². The molecule has 0 amide bonds. The lowest BCUT2D eigenvalue weighted by Crippen LogP contribution is -2.23. The molecule has 3 aliphatic heterocycles. The molecule has 3 aromatic rings. The van der Waals surface area contributed by atoms with E-state index in [1.54, 1.807) is 56.7 Å². The third kappa shape index (κ3) is 15.5. The van der Waals surface area contributed by atoms with Gasteiger partial charge in [0.2, 0.25) is 0 Å². The predicted molar refractivity (Wildman–Crippen MR) is 209 cm³/mol. The number of methoxy groups -OCH3 is 3. The Balaban J connectivity index is 0.000000220. The van der Waals surface area contributed by atoms with Crippen LogP contribution in [-0.2, 0) is 55.6 Å². The maximum Gasteiger partial charge on any atom is 0.334 e. The van der Waals surface area contributed by atoms with Crippen molar-refractivity contribution in [3.63, 3.8) is 0 Å². The van der Waals surface area contributed by atoms with Crippen molar-refractivity contribution in [3.8, 4) is 11.5 Å². The summed E-state index contributed by atoms with van der Waals surface area (Å²) in [7, 11) is 4.67. The summed E-state index contributed by atoms with van der Waals surface area (Å²) in [5, 5.41) is 18.3. The Hall–Kier alpha value is -5.97. The van der Waals surface area contributed by atoms with Gasteiger partial charge in [-0.05, 0) is 79.6 Å². The lowest BCUT2D eigenvalue weighted by molar-refractivity contribution is -0.146. The molecule has 0 saturated carbocycles. The number of hydrogen-bond donors (Lipinski definition) is 2. The molecule has 6 rings (SSSR count). The minimum atomic E-state index is -0.390. The molecule has 0 fully saturated rings. The molecule has 3 heterocycles. The van der Waals surface area contributed by atoms with Gasteiger partial charge in [-0.2, -0.15) is 0 Å². The first kappa shape index (κ1) is 43.4. The van der Waals surface area contributed by atoms with E-state index in [2.05, 4.69) is 31.2 Å². The number of aryl methyl sites for hydroxylation is 3. The smallest absolute Gasteiger partial charge is 0.334 e. The number of carbonyl (C=O) groups is 3. The van der Waals surface area contributed by atoms with Crippen molar-refractivity contribution >= 4 is 24.0 Å². The summed E-state index contributed by atoms with van der Waals surface area (Å²) in [6, 6.07) is 22.3. The van der Waals surface area contributed by atoms with E-state index in [1.165, 1.54) is 36.5 Å². The summed E-state index contributed by atoms with van der Waals surface area (Å²) in [6.45, 7) is 2.07. The number of ether oxygens (including phenoxy) is 6. The van der Waals surface area contributed by atoms with E-state index in [0.717, 1.165) is 36.8 Å². The van der Waals surface area contributed by atoms with Gasteiger partial charge in [-0.1, -0.05) is 67.6 Å². The fourth-order valence-electron chi connectivity index (χ4n) is 5.66. The van der Waals surface area contributed by atoms with Crippen LogP contribution in [0.3, 0.4) is 0 Å². The van der Waals surface area contributed by atoms with Crippen molar-refractivity contribution in [1.82, 2.24) is 0 Å². The molecule has 0 aromatic heterocycles. The number of carbonyl (C=O) groups excluding carboxylic acids is 3. The number of esters is 3. The van der Waals surface area contributed by atoms with Crippen LogP contribution in [0.15, 0.2) is 114 Å². The van der Waals surface area contributed by atoms with Gasteiger partial charge in [-0.3, -0.25) is 0 Å². The molecular formula is C44H52O11. The van der Waals surface area contributed by atoms with Gasteiger partial charge in [0.15, 0.2) is 0 Å². The van der Waals surface area contributed by atoms with Crippen LogP contribution in [0, 0.1) is 6.92 Å². The van der Waals surface area contributed by atoms with Crippen molar-refractivity contribution in [2.75, 3.05) is 21.3 Å². The first-order valence-electron chi connectivity index (χ1n) is 17.7. The largest absolute Gasteiger partial charge is 0.508 e. The highest BCUT2D eigenvalue weighted by molar-refractivity contribution is 5.84. The Morgan fingerprint density at radius 1 is 0.600 bits per heavy atom. The summed E-state index contributed by atoms with van der Waals surface area (Å²) >= 11 is 0. The van der Waals surface area contributed by atoms with Crippen LogP contribution in [0.5, 0.6) is 11.5 Å². The molecule has 11 nitrogen and oxygen atoms in total. The van der Waals surface area contributed by atoms with Gasteiger partial charge in [-0.15, -0.1) is 0 Å². The zero-order chi connectivity index (χ0) is 38.9. The molecule has 0 saturated heterocycles. The fourth-order valence-corrected chi connectivity index (χ4v) is 5.66. The van der Waals surface area contributed by atoms with Crippen LogP contribution in [0.1, 0.15) is 61.8 Å². The van der Waals surface area contributed by atoms with Crippen LogP contribution < -0.4 is 0 Å². The van der Waals surface area contributed by atoms with Crippen LogP contribution in [0.25, 0.3) is 6.08 Å². The molecular weight excluding hydrogens is 704 g/mol. The predicted octanol–water partition coefficient (Wildman–Crippen LogP) is 7.83. The highest BCUT2D eigenvalue weighted by atomic mass is 16.6. The van der Waals surface area contributed by atoms with Gasteiger partial charge >= 0.3 is 17.9 Å². The van der Waals surface area contributed by atoms with Gasteiger partial charge in [0, 0.05) is 19.3 Å². The van der Waals surface area contributed by atoms with Crippen molar-refractivity contribution in [2.24, 2.45) is 0 Å². The van der Waals surface area contributed by atoms with Gasteiger partial charge in [0.25, 0.3) is 0 Å². The van der Waals surface area contributed by atoms with Crippen LogP contribution in [0.2, 0.25) is 0 Å². The monoisotopic (exact) mass is 756 g/mol. The standard InChI is InChI=1S/C15H18O3.C14H16O4.C14H14O4.CH4/c1-11-3-5-12(6-4-11)7-8-13-9-14(17-2)10-15(16)18-13;2*1-17-13-8-12(18-14(16)9-13)7-4-10-2-5-11(15)6-3-10;/h3-6,10,13H,7-9H2,1-2H3;2-3,5-6,9,12,15H,4,7-8H2,1H3;2-7,9,12,15H,8H2,1H3;1H4/b;;7-4+;. The average Bonchev–Trinajstić information content (AvgIpc) is 3.17. The molecule has 55 heavy (non-hydrogen) atoms. The Morgan fingerprint density at radius 3 is 1.45 bits per heavy atom. The van der Waals surface area contributed by atoms with E-state index in [0.29, 0.717) is 36.5 Å². The van der Waals surface area contributed by atoms with Gasteiger partial charge in [0.05, 0.1) is 39.6 Å². The minimum Gasteiger partial charge on any atom is -0.508 e. The number of aromatic hydroxyl groups is 2. The highest BCUT2D eigenvalue weighted by Crippen LogP contribution is 2.23. The Bertz CT molecular complexity index is 1720. The van der Waals surface area contributed by atoms with E-state index in [9.17, 15) is 19.5 Å². The van der Waals surface area contributed by atoms with E-state index in [4.69, 9.17) is 33.5 Å². The van der Waals surface area contributed by atoms with E-state index >= 15 is 0 Å². The Labute approximate surface area is 323 Å².